The second kappa shape index (κ2) is 12.0. The number of sulfonamides is 1. The number of rotatable bonds is 8. The SMILES string of the molecule is Cc1ccc(S(=O)(=O)Nc2cccc3c2OC(CN(C)C(=O)NC(C)C)C(C)CN(C(C)CO)C3=O)cc1. The number of hydrogen-bond donors (Lipinski definition) is 3. The van der Waals surface area contributed by atoms with E-state index in [9.17, 15) is 23.1 Å². The third-order valence-electron chi connectivity index (χ3n) is 6.48. The quantitative estimate of drug-likeness (QED) is 0.467. The number of likely N-dealkylation sites (N-methyl/N-ethyl adjacent to an activating group) is 1. The van der Waals surface area contributed by atoms with E-state index in [1.165, 1.54) is 23.1 Å². The molecule has 3 unspecified atom stereocenters. The minimum atomic E-state index is -3.99. The number of benzene rings is 2. The lowest BCUT2D eigenvalue weighted by Crippen LogP contribution is -2.51. The van der Waals surface area contributed by atoms with E-state index < -0.39 is 22.2 Å². The van der Waals surface area contributed by atoms with Crippen molar-refractivity contribution in [1.29, 1.82) is 0 Å². The maximum absolute atomic E-state index is 13.6. The number of carbonyl (C=O) groups is 2. The smallest absolute Gasteiger partial charge is 0.317 e. The molecule has 0 radical (unpaired) electrons. The molecule has 1 heterocycles. The Hall–Kier alpha value is -3.31. The summed E-state index contributed by atoms with van der Waals surface area (Å²) in [6.07, 6.45) is -0.580. The number of fused-ring (bicyclic) bond motifs is 1. The van der Waals surface area contributed by atoms with Crippen molar-refractivity contribution in [1.82, 2.24) is 15.1 Å². The normalized spacial score (nSPS) is 18.6. The van der Waals surface area contributed by atoms with Crippen LogP contribution in [0.15, 0.2) is 47.4 Å². The van der Waals surface area contributed by atoms with E-state index in [1.54, 1.807) is 43.1 Å². The van der Waals surface area contributed by atoms with E-state index in [2.05, 4.69) is 10.0 Å². The number of para-hydroxylation sites is 1. The Balaban J connectivity index is 2.05. The molecule has 208 valence electrons. The fourth-order valence-corrected chi connectivity index (χ4v) is 5.24. The van der Waals surface area contributed by atoms with E-state index in [1.807, 2.05) is 27.7 Å². The van der Waals surface area contributed by atoms with E-state index in [-0.39, 0.29) is 65.5 Å². The fourth-order valence-electron chi connectivity index (χ4n) is 4.17. The van der Waals surface area contributed by atoms with E-state index in [4.69, 9.17) is 4.74 Å². The number of urea groups is 1. The van der Waals surface area contributed by atoms with Crippen molar-refractivity contribution in [2.24, 2.45) is 5.92 Å². The Morgan fingerprint density at radius 2 is 1.84 bits per heavy atom. The van der Waals surface area contributed by atoms with Crippen LogP contribution >= 0.6 is 0 Å². The number of ether oxygens (including phenoxy) is 1. The van der Waals surface area contributed by atoms with Crippen molar-refractivity contribution in [3.8, 4) is 5.75 Å². The summed E-state index contributed by atoms with van der Waals surface area (Å²) >= 11 is 0. The summed E-state index contributed by atoms with van der Waals surface area (Å²) in [7, 11) is -2.34. The predicted molar refractivity (Wildman–Crippen MR) is 146 cm³/mol. The number of aliphatic hydroxyl groups is 1. The van der Waals surface area contributed by atoms with Crippen LogP contribution in [0.1, 0.15) is 43.6 Å². The van der Waals surface area contributed by atoms with Gasteiger partial charge in [-0.1, -0.05) is 30.7 Å². The summed E-state index contributed by atoms with van der Waals surface area (Å²) in [4.78, 5) is 29.3. The average Bonchev–Trinajstić information content (AvgIpc) is 2.85. The Labute approximate surface area is 225 Å². The molecule has 3 rings (SSSR count). The number of nitrogens with zero attached hydrogens (tertiary/aromatic N) is 2. The highest BCUT2D eigenvalue weighted by atomic mass is 32.2. The van der Waals surface area contributed by atoms with Gasteiger partial charge in [0.1, 0.15) is 6.10 Å². The molecule has 1 aliphatic heterocycles. The van der Waals surface area contributed by atoms with Crippen LogP contribution in [0, 0.1) is 12.8 Å². The first-order chi connectivity index (χ1) is 17.8. The van der Waals surface area contributed by atoms with Crippen LogP contribution in [0.2, 0.25) is 0 Å². The first kappa shape index (κ1) is 29.2. The van der Waals surface area contributed by atoms with Gasteiger partial charge < -0.3 is 25.0 Å². The van der Waals surface area contributed by atoms with E-state index in [0.717, 1.165) is 5.56 Å². The molecule has 0 saturated heterocycles. The standard InChI is InChI=1S/C27H38N4O6S/c1-17(2)28-27(34)30(6)15-24-19(4)14-31(20(5)16-32)26(33)22-8-7-9-23(25(22)37-24)29-38(35,36)21-12-10-18(3)11-13-21/h7-13,17,19-20,24,29,32H,14-16H2,1-6H3,(H,28,34). The number of hydrogen-bond acceptors (Lipinski definition) is 6. The molecule has 38 heavy (non-hydrogen) atoms. The van der Waals surface area contributed by atoms with Crippen LogP contribution in [0.25, 0.3) is 0 Å². The average molecular weight is 547 g/mol. The molecule has 0 fully saturated rings. The summed E-state index contributed by atoms with van der Waals surface area (Å²) in [5.41, 5.74) is 1.20. The van der Waals surface area contributed by atoms with Gasteiger partial charge in [0.25, 0.3) is 15.9 Å². The Morgan fingerprint density at radius 3 is 2.45 bits per heavy atom. The Kier molecular flexibility index (Phi) is 9.26. The van der Waals surface area contributed by atoms with E-state index >= 15 is 0 Å². The van der Waals surface area contributed by atoms with Gasteiger partial charge in [-0.05, 0) is 52.0 Å². The molecule has 3 N–H and O–H groups in total. The van der Waals surface area contributed by atoms with Gasteiger partial charge >= 0.3 is 6.03 Å². The predicted octanol–water partition coefficient (Wildman–Crippen LogP) is 3.07. The molecule has 0 bridgehead atoms. The van der Waals surface area contributed by atoms with Gasteiger partial charge in [0.15, 0.2) is 5.75 Å². The minimum absolute atomic E-state index is 0.0531. The molecule has 0 saturated carbocycles. The topological polar surface area (TPSA) is 128 Å². The lowest BCUT2D eigenvalue weighted by atomic mass is 9.99. The highest BCUT2D eigenvalue weighted by Gasteiger charge is 2.35. The first-order valence-electron chi connectivity index (χ1n) is 12.7. The third-order valence-corrected chi connectivity index (χ3v) is 7.86. The lowest BCUT2D eigenvalue weighted by molar-refractivity contribution is 0.0369. The van der Waals surface area contributed by atoms with Crippen LogP contribution in [-0.2, 0) is 10.0 Å². The van der Waals surface area contributed by atoms with Crippen molar-refractivity contribution < 1.29 is 27.9 Å². The van der Waals surface area contributed by atoms with Crippen molar-refractivity contribution in [2.75, 3.05) is 31.5 Å². The second-order valence-electron chi connectivity index (χ2n) is 10.2. The largest absolute Gasteiger partial charge is 0.485 e. The lowest BCUT2D eigenvalue weighted by Gasteiger charge is -2.38. The molecule has 0 aromatic heterocycles. The van der Waals surface area contributed by atoms with Crippen molar-refractivity contribution in [3.63, 3.8) is 0 Å². The van der Waals surface area contributed by atoms with Crippen molar-refractivity contribution in [2.45, 2.75) is 57.7 Å². The molecule has 2 aromatic rings. The highest BCUT2D eigenvalue weighted by molar-refractivity contribution is 7.92. The number of aliphatic hydroxyl groups excluding tert-OH is 1. The zero-order valence-electron chi connectivity index (χ0n) is 22.8. The summed E-state index contributed by atoms with van der Waals surface area (Å²) in [5.74, 6) is -0.552. The zero-order chi connectivity index (χ0) is 28.2. The molecule has 10 nitrogen and oxygen atoms in total. The molecule has 3 amide bonds. The van der Waals surface area contributed by atoms with Gasteiger partial charge in [0.2, 0.25) is 0 Å². The molecule has 1 aliphatic rings. The summed E-state index contributed by atoms with van der Waals surface area (Å²) < 4.78 is 35.4. The van der Waals surface area contributed by atoms with E-state index in [0.29, 0.717) is 0 Å². The van der Waals surface area contributed by atoms with Gasteiger partial charge in [-0.15, -0.1) is 0 Å². The monoisotopic (exact) mass is 546 g/mol. The number of anilines is 1. The molecule has 0 aliphatic carbocycles. The van der Waals surface area contributed by atoms with Crippen LogP contribution in [0.5, 0.6) is 5.75 Å². The molecular formula is C27H38N4O6S. The molecule has 2 aromatic carbocycles. The van der Waals surface area contributed by atoms with Crippen LogP contribution in [0.4, 0.5) is 10.5 Å². The summed E-state index contributed by atoms with van der Waals surface area (Å²) in [6, 6.07) is 10.3. The summed E-state index contributed by atoms with van der Waals surface area (Å²) in [5, 5.41) is 12.7. The summed E-state index contributed by atoms with van der Waals surface area (Å²) in [6.45, 7) is 9.46. The van der Waals surface area contributed by atoms with Crippen molar-refractivity contribution in [3.05, 3.63) is 53.6 Å². The Bertz CT molecular complexity index is 1250. The molecule has 11 heteroatoms. The zero-order valence-corrected chi connectivity index (χ0v) is 23.6. The maximum Gasteiger partial charge on any atom is 0.317 e. The van der Waals surface area contributed by atoms with Gasteiger partial charge in [-0.3, -0.25) is 9.52 Å². The van der Waals surface area contributed by atoms with Crippen LogP contribution < -0.4 is 14.8 Å². The highest BCUT2D eigenvalue weighted by Crippen LogP contribution is 2.36. The fraction of sp³-hybridized carbons (Fsp3) is 0.481. The van der Waals surface area contributed by atoms with Gasteiger partial charge in [0.05, 0.1) is 35.3 Å². The van der Waals surface area contributed by atoms with Crippen LogP contribution in [0.3, 0.4) is 0 Å². The van der Waals surface area contributed by atoms with Gasteiger partial charge in [-0.2, -0.15) is 0 Å². The van der Waals surface area contributed by atoms with Crippen molar-refractivity contribution >= 4 is 27.6 Å². The van der Waals surface area contributed by atoms with Gasteiger partial charge in [0, 0.05) is 25.6 Å². The minimum Gasteiger partial charge on any atom is -0.485 e. The van der Waals surface area contributed by atoms with Gasteiger partial charge in [-0.25, -0.2) is 13.2 Å². The first-order valence-corrected chi connectivity index (χ1v) is 14.1. The number of nitrogens with one attached hydrogen (secondary N) is 2. The number of amides is 3. The molecular weight excluding hydrogens is 508 g/mol. The number of carbonyl (C=O) groups excluding carboxylic acids is 2. The molecule has 3 atom stereocenters. The van der Waals surface area contributed by atoms with Crippen LogP contribution in [-0.4, -0.2) is 80.2 Å². The maximum atomic E-state index is 13.6. The third kappa shape index (κ3) is 6.76. The second-order valence-corrected chi connectivity index (χ2v) is 11.9. The Morgan fingerprint density at radius 1 is 1.18 bits per heavy atom. The number of aryl methyl sites for hydroxylation is 1. The molecule has 0 spiro atoms.